The molecule has 2 aromatic rings. The fourth-order valence-electron chi connectivity index (χ4n) is 1.44. The molecule has 0 aliphatic carbocycles. The third-order valence-electron chi connectivity index (χ3n) is 2.65. The molecule has 0 bridgehead atoms. The number of alkyl halides is 1. The Morgan fingerprint density at radius 3 is 1.46 bits per heavy atom. The number of benzene rings is 2. The van der Waals surface area contributed by atoms with E-state index in [2.05, 4.69) is 0 Å². The third-order valence-corrected chi connectivity index (χ3v) is 2.65. The van der Waals surface area contributed by atoms with Gasteiger partial charge in [0, 0.05) is 50.1 Å². The van der Waals surface area contributed by atoms with Crippen molar-refractivity contribution in [1.82, 2.24) is 0 Å². The smallest absolute Gasteiger partial charge is 0.508 e. The maximum absolute atomic E-state index is 10.5. The van der Waals surface area contributed by atoms with Crippen LogP contribution >= 0.6 is 41.7 Å². The lowest BCUT2D eigenvalue weighted by Crippen LogP contribution is -2.16. The van der Waals surface area contributed by atoms with Crippen LogP contribution in [-0.2, 0) is 16.2 Å². The minimum atomic E-state index is -4.00. The highest BCUT2D eigenvalue weighted by Gasteiger charge is 2.21. The topological polar surface area (TPSA) is 40.5 Å². The molecule has 0 unspecified atom stereocenters. The van der Waals surface area contributed by atoms with Gasteiger partial charge in [0.25, 0.3) is 0 Å². The summed E-state index contributed by atoms with van der Waals surface area (Å²) in [5, 5.41) is 20.0. The summed E-state index contributed by atoms with van der Waals surface area (Å²) in [7, 11) is 14.8. The van der Waals surface area contributed by atoms with E-state index in [9.17, 15) is 10.2 Å². The number of hydrogen-bond donors (Lipinski definition) is 2. The van der Waals surface area contributed by atoms with E-state index in [0.29, 0.717) is 6.92 Å². The number of aromatic hydroxyl groups is 2. The van der Waals surface area contributed by atoms with Crippen LogP contribution in [0.25, 0.3) is 0 Å². The summed E-state index contributed by atoms with van der Waals surface area (Å²) in [6.07, 6.45) is 0. The van der Waals surface area contributed by atoms with Crippen LogP contribution in [0.3, 0.4) is 0 Å². The van der Waals surface area contributed by atoms with Crippen LogP contribution in [0.1, 0.15) is 154 Å². The van der Waals surface area contributed by atoms with E-state index in [1.807, 2.05) is 0 Å². The van der Waals surface area contributed by atoms with Gasteiger partial charge in [-0.2, -0.15) is 0 Å². The molecular weight excluding hydrogens is 537 g/mol. The molecule has 2 N–H and O–H groups in total. The summed E-state index contributed by atoms with van der Waals surface area (Å²) < 4.78 is 301. The van der Waals surface area contributed by atoms with E-state index in [-0.39, 0.29) is 0 Å². The van der Waals surface area contributed by atoms with Crippen LogP contribution in [-0.4, -0.2) is 26.5 Å². The predicted octanol–water partition coefficient (Wildman–Crippen LogP) is 10.4. The highest BCUT2D eigenvalue weighted by atomic mass is 35.8. The highest BCUT2D eigenvalue weighted by molar-refractivity contribution is 7.54. The van der Waals surface area contributed by atoms with Gasteiger partial charge in [-0.25, -0.2) is 30.1 Å². The molecule has 200 valence electrons. The van der Waals surface area contributed by atoms with Crippen molar-refractivity contribution in [1.29, 1.82) is 0 Å². The zero-order valence-electron chi connectivity index (χ0n) is 57.5. The van der Waals surface area contributed by atoms with Crippen molar-refractivity contribution in [3.05, 3.63) is 59.0 Å². The molecule has 0 amide bonds. The van der Waals surface area contributed by atoms with Gasteiger partial charge in [0.05, 0.1) is 9.60 Å². The molecule has 0 atom stereocenters. The quantitative estimate of drug-likeness (QED) is 0.227. The minimum Gasteiger partial charge on any atom is -0.508 e. The Balaban J connectivity index is 0. The monoisotopic (exact) mass is 620 g/mol. The first kappa shape index (κ1) is 7.47. The van der Waals surface area contributed by atoms with E-state index >= 15 is 0 Å². The highest BCUT2D eigenvalue weighted by Crippen LogP contribution is 2.34. The molecule has 0 aliphatic rings. The summed E-state index contributed by atoms with van der Waals surface area (Å²) in [5.41, 5.74) is -15.1. The number of rotatable bonds is 0. The van der Waals surface area contributed by atoms with Crippen LogP contribution in [0.4, 0.5) is 0 Å². The van der Waals surface area contributed by atoms with Crippen molar-refractivity contribution in [2.75, 3.05) is 0 Å². The predicted molar refractivity (Wildman–Crippen MR) is 161 cm³/mol. The Kier molecular flexibility index (Phi) is 3.25. The third kappa shape index (κ3) is 20.5. The summed E-state index contributed by atoms with van der Waals surface area (Å²) in [4.78, 5) is -3.22. The van der Waals surface area contributed by atoms with Gasteiger partial charge in [-0.3, -0.25) is 0 Å². The first-order chi connectivity index (χ1) is 32.0. The molecule has 0 saturated heterocycles. The zero-order valence-corrected chi connectivity index (χ0v) is 21.7. The Hall–Kier alpha value is -0.268. The first-order valence-corrected chi connectivity index (χ1v) is 13.9. The van der Waals surface area contributed by atoms with Crippen LogP contribution < -0.4 is 0 Å². The van der Waals surface area contributed by atoms with Gasteiger partial charge in [0.15, 0.2) is 0 Å². The summed E-state index contributed by atoms with van der Waals surface area (Å²) in [6.45, 7) is -39.5. The van der Waals surface area contributed by atoms with Crippen LogP contribution in [0.15, 0.2) is 42.3 Å². The van der Waals surface area contributed by atoms with Gasteiger partial charge in [0.2, 0.25) is 0 Å². The normalized spacial score (nSPS) is 32.4. The van der Waals surface area contributed by atoms with E-state index in [1.54, 1.807) is 0 Å². The summed E-state index contributed by atoms with van der Waals surface area (Å²) >= 11 is 3.56. The lowest BCUT2D eigenvalue weighted by Gasteiger charge is -2.25. The van der Waals surface area contributed by atoms with Crippen molar-refractivity contribution in [3.8, 4) is 11.5 Å². The van der Waals surface area contributed by atoms with E-state index in [1.165, 1.54) is 0 Å². The Labute approximate surface area is 293 Å². The van der Waals surface area contributed by atoms with Gasteiger partial charge in [-0.05, 0) is 71.6 Å². The van der Waals surface area contributed by atoms with Crippen molar-refractivity contribution >= 4 is 53.1 Å². The number of phenolic OH excluding ortho intramolecular Hbond substituents is 2. The first-order valence-electron chi connectivity index (χ1n) is 28.3. The summed E-state index contributed by atoms with van der Waals surface area (Å²) in [6, 6.07) is -9.15. The number of halogens is 4. The van der Waals surface area contributed by atoms with Gasteiger partial charge in [-0.15, -0.1) is 11.6 Å². The second-order valence-electron chi connectivity index (χ2n) is 6.23. The van der Waals surface area contributed by atoms with E-state index in [0.717, 1.165) is 0 Å². The molecule has 2 rings (SSSR count). The zero-order chi connectivity index (χ0) is 62.0. The van der Waals surface area contributed by atoms with Gasteiger partial charge in [-0.1, -0.05) is 85.9 Å². The van der Waals surface area contributed by atoms with Crippen LogP contribution in [0.2, 0.25) is 0 Å². The Morgan fingerprint density at radius 1 is 0.686 bits per heavy atom. The van der Waals surface area contributed by atoms with Gasteiger partial charge >= 0.3 is 11.4 Å². The molecule has 0 radical (unpaired) electrons. The van der Waals surface area contributed by atoms with Crippen LogP contribution in [0.5, 0.6) is 11.5 Å². The second-order valence-corrected chi connectivity index (χ2v) is 13.2. The maximum Gasteiger partial charge on any atom is 0.643 e. The minimum absolute atomic E-state index is 0.564. The Bertz CT molecular complexity index is 2150. The van der Waals surface area contributed by atoms with Crippen molar-refractivity contribution in [2.24, 2.45) is 0 Å². The Morgan fingerprint density at radius 2 is 1.09 bits per heavy atom. The number of hydrogen-bond acceptors (Lipinski definition) is 2. The SMILES string of the molecule is [2H]C([2H])([2H])C(Cl)(C([2H])([2H])[2H])C([2H])([2H])[2H].[2H]c1c([2H])c(C(C([2H])([2H])[2H])(C([2H])([2H])[2H])C([2H])([2H])[2H])c([2H])c(C(C)(C([2H])([2H])[2H])C([2H])([2H])[2H])c1O.[2H]c1c([2H])c(C(C([2H])([2H])[2H])(C([2H])([2H])[2H])C([2H])([2H])[2H])c([2H])c([2H])c1O.[Cl][Al]([Cl])[Cl]. The largest absolute Gasteiger partial charge is 0.643 e. The molecule has 0 saturated carbocycles. The standard InChI is InChI=1S/C14H22O.C10H14O.C4H9Cl.Al.3ClH/c1-13(2,3)10-7-8-12(15)11(9-10)14(4,5)6;1-10(2,3)8-4-6-9(11)7-5-8;1-4(2,3)5;;;;/h7-9,15H,1-6H3;4-7,11H,1-3H3;1-3H3;;3*1H/q;;;+3;;;/p-3/i1D3,2D3,3D3,4D3,5D3,7D,8D,9D;1D3,2D3,3D3,4D,5D,6D,7D;1D3,2D3,3D3;;;;. The molecule has 2 nitrogen and oxygen atoms in total. The summed E-state index contributed by atoms with van der Waals surface area (Å²) in [5.74, 6) is -2.62. The van der Waals surface area contributed by atoms with E-state index < -0.39 is 178 Å². The molecule has 7 heteroatoms. The van der Waals surface area contributed by atoms with Gasteiger partial charge < -0.3 is 10.2 Å². The van der Waals surface area contributed by atoms with Crippen LogP contribution in [0, 0.1) is 0 Å². The van der Waals surface area contributed by atoms with Crippen molar-refractivity contribution < 1.29 is 65.0 Å². The average molecular weight is 623 g/mol. The second kappa shape index (κ2) is 15.2. The molecule has 0 fully saturated rings. The molecule has 0 aromatic heterocycles. The fraction of sp³-hybridized carbons (Fsp3) is 0.571. The number of phenols is 2. The van der Waals surface area contributed by atoms with Gasteiger partial charge in [0.1, 0.15) is 11.5 Å². The van der Waals surface area contributed by atoms with Crippen molar-refractivity contribution in [3.63, 3.8) is 0 Å². The maximum atomic E-state index is 10.5. The molecule has 0 aliphatic heterocycles. The van der Waals surface area contributed by atoms with E-state index in [4.69, 9.17) is 96.6 Å². The molecule has 0 heterocycles. The molecule has 35 heavy (non-hydrogen) atoms. The van der Waals surface area contributed by atoms with Crippen molar-refractivity contribution in [2.45, 2.75) is 103 Å². The molecule has 0 spiro atoms. The lowest BCUT2D eigenvalue weighted by molar-refractivity contribution is 0.444. The molecule has 2 aromatic carbocycles. The molecular formula is C28H45AlCl4O2. The average Bonchev–Trinajstić information content (AvgIpc) is 3.10. The lowest BCUT2D eigenvalue weighted by atomic mass is 9.80. The fourth-order valence-corrected chi connectivity index (χ4v) is 1.44.